The van der Waals surface area contributed by atoms with E-state index in [1.807, 2.05) is 18.2 Å². The molecule has 40 heavy (non-hydrogen) atoms. The number of nitriles is 1. The molecular formula is C29H31N9O2. The number of rotatable bonds is 9. The first kappa shape index (κ1) is 25.7. The van der Waals surface area contributed by atoms with Crippen molar-refractivity contribution in [2.75, 3.05) is 13.6 Å². The van der Waals surface area contributed by atoms with E-state index in [0.717, 1.165) is 40.8 Å². The lowest BCUT2D eigenvalue weighted by Crippen LogP contribution is -2.41. The largest absolute Gasteiger partial charge is 0.366 e. The third-order valence-electron chi connectivity index (χ3n) is 8.64. The molecule has 11 heteroatoms. The third-order valence-corrected chi connectivity index (χ3v) is 8.64. The minimum atomic E-state index is -0.812. The van der Waals surface area contributed by atoms with Crippen LogP contribution in [0.1, 0.15) is 63.9 Å². The van der Waals surface area contributed by atoms with Gasteiger partial charge in [0, 0.05) is 42.5 Å². The molecule has 5 atom stereocenters. The molecule has 2 amide bonds. The average Bonchev–Trinajstić information content (AvgIpc) is 3.30. The van der Waals surface area contributed by atoms with Gasteiger partial charge in [0.25, 0.3) is 5.91 Å². The summed E-state index contributed by atoms with van der Waals surface area (Å²) in [5.74, 6) is 0.352. The highest BCUT2D eigenvalue weighted by Crippen LogP contribution is 2.54. The van der Waals surface area contributed by atoms with Gasteiger partial charge in [-0.3, -0.25) is 9.59 Å². The second kappa shape index (κ2) is 9.57. The number of aromatic amines is 1. The van der Waals surface area contributed by atoms with Crippen LogP contribution in [-0.4, -0.2) is 69.1 Å². The number of carbonyl (C=O) groups excluding carboxylic acids is 2. The molecule has 2 aromatic carbocycles. The maximum absolute atomic E-state index is 12.5. The molecule has 1 saturated carbocycles. The van der Waals surface area contributed by atoms with E-state index in [9.17, 15) is 14.9 Å². The lowest BCUT2D eigenvalue weighted by Gasteiger charge is -2.33. The molecule has 1 aliphatic heterocycles. The zero-order valence-corrected chi connectivity index (χ0v) is 22.4. The third kappa shape index (κ3) is 3.95. The van der Waals surface area contributed by atoms with Gasteiger partial charge in [0.2, 0.25) is 5.91 Å². The predicted octanol–water partition coefficient (Wildman–Crippen LogP) is 1.84. The summed E-state index contributed by atoms with van der Waals surface area (Å²) in [6, 6.07) is 13.6. The van der Waals surface area contributed by atoms with Crippen molar-refractivity contribution in [2.45, 2.75) is 49.7 Å². The Labute approximate surface area is 231 Å². The first-order chi connectivity index (χ1) is 19.3. The second-order valence-corrected chi connectivity index (χ2v) is 11.0. The van der Waals surface area contributed by atoms with Gasteiger partial charge in [-0.25, -0.2) is 0 Å². The summed E-state index contributed by atoms with van der Waals surface area (Å²) in [5, 5.41) is 31.3. The molecule has 204 valence electrons. The summed E-state index contributed by atoms with van der Waals surface area (Å²) in [4.78, 5) is 26.8. The lowest BCUT2D eigenvalue weighted by atomic mass is 9.72. The fraction of sp³-hybridized carbons (Fsp3) is 0.379. The molecule has 2 fully saturated rings. The Morgan fingerprint density at radius 1 is 1.23 bits per heavy atom. The van der Waals surface area contributed by atoms with Gasteiger partial charge in [0.15, 0.2) is 5.82 Å². The molecule has 1 aromatic heterocycles. The number of primary amides is 1. The number of H-pyrrole nitrogens is 1. The van der Waals surface area contributed by atoms with Gasteiger partial charge in [-0.05, 0) is 78.6 Å². The van der Waals surface area contributed by atoms with Crippen molar-refractivity contribution in [1.29, 1.82) is 5.26 Å². The molecule has 0 spiro atoms. The topological polar surface area (TPSA) is 166 Å². The fourth-order valence-electron chi connectivity index (χ4n) is 6.70. The Hall–Kier alpha value is -4.56. The Balaban J connectivity index is 1.38. The number of nitrogens with zero attached hydrogens (tertiary/aromatic N) is 5. The fourth-order valence-corrected chi connectivity index (χ4v) is 6.70. The van der Waals surface area contributed by atoms with Gasteiger partial charge < -0.3 is 21.3 Å². The number of carbonyl (C=O) groups is 2. The Bertz CT molecular complexity index is 1560. The maximum Gasteiger partial charge on any atom is 0.251 e. The molecule has 0 bridgehead atoms. The first-order valence-electron chi connectivity index (χ1n) is 13.4. The van der Waals surface area contributed by atoms with Gasteiger partial charge in [-0.15, -0.1) is 10.2 Å². The zero-order chi connectivity index (χ0) is 28.2. The van der Waals surface area contributed by atoms with Crippen molar-refractivity contribution in [1.82, 2.24) is 36.2 Å². The summed E-state index contributed by atoms with van der Waals surface area (Å²) in [6.45, 7) is 6.94. The highest BCUT2D eigenvalue weighted by Gasteiger charge is 2.53. The van der Waals surface area contributed by atoms with Gasteiger partial charge in [0.1, 0.15) is 6.04 Å². The van der Waals surface area contributed by atoms with Gasteiger partial charge in [-0.1, -0.05) is 23.9 Å². The van der Waals surface area contributed by atoms with Crippen molar-refractivity contribution in [3.63, 3.8) is 0 Å². The molecule has 3 aromatic rings. The van der Waals surface area contributed by atoms with Crippen molar-refractivity contribution in [3.8, 4) is 17.2 Å². The smallest absolute Gasteiger partial charge is 0.251 e. The maximum atomic E-state index is 12.5. The monoisotopic (exact) mass is 537 g/mol. The first-order valence-corrected chi connectivity index (χ1v) is 13.4. The zero-order valence-electron chi connectivity index (χ0n) is 22.4. The number of aromatic nitrogens is 4. The summed E-state index contributed by atoms with van der Waals surface area (Å²) < 4.78 is 0. The SMILES string of the molecule is C=C(CN[C@@H](C)CC1(c2nn[nH]n2)c2ccc(C(N)=O)cc2-c2cc(C(=O)NC)ccc21)N1C(C#N)C[C@@H]2CC21. The number of likely N-dealkylation sites (tertiary alicyclic amines) is 1. The number of benzene rings is 2. The second-order valence-electron chi connectivity index (χ2n) is 11.0. The Kier molecular flexibility index (Phi) is 6.15. The van der Waals surface area contributed by atoms with E-state index >= 15 is 0 Å². The van der Waals surface area contributed by atoms with E-state index in [1.165, 1.54) is 0 Å². The van der Waals surface area contributed by atoms with Crippen LogP contribution >= 0.6 is 0 Å². The number of hydrogen-bond acceptors (Lipinski definition) is 8. The minimum Gasteiger partial charge on any atom is -0.366 e. The van der Waals surface area contributed by atoms with Crippen LogP contribution in [0.4, 0.5) is 0 Å². The van der Waals surface area contributed by atoms with Crippen molar-refractivity contribution >= 4 is 11.8 Å². The molecule has 0 radical (unpaired) electrons. The van der Waals surface area contributed by atoms with Crippen LogP contribution in [0.2, 0.25) is 0 Å². The number of piperidine rings is 1. The normalized spacial score (nSPS) is 24.4. The number of nitrogens with one attached hydrogen (secondary N) is 3. The summed E-state index contributed by atoms with van der Waals surface area (Å²) >= 11 is 0. The van der Waals surface area contributed by atoms with Crippen LogP contribution in [0, 0.1) is 17.2 Å². The molecule has 2 aliphatic carbocycles. The minimum absolute atomic E-state index is 0.0402. The molecule has 3 unspecified atom stereocenters. The van der Waals surface area contributed by atoms with Crippen LogP contribution < -0.4 is 16.4 Å². The Morgan fingerprint density at radius 3 is 2.55 bits per heavy atom. The average molecular weight is 538 g/mol. The van der Waals surface area contributed by atoms with E-state index in [-0.39, 0.29) is 18.0 Å². The van der Waals surface area contributed by atoms with Gasteiger partial charge in [-0.2, -0.15) is 10.5 Å². The summed E-state index contributed by atoms with van der Waals surface area (Å²) in [7, 11) is 1.59. The number of fused-ring (bicyclic) bond motifs is 4. The Morgan fingerprint density at radius 2 is 1.93 bits per heavy atom. The van der Waals surface area contributed by atoms with Gasteiger partial charge >= 0.3 is 0 Å². The van der Waals surface area contributed by atoms with Crippen molar-refractivity contribution in [3.05, 3.63) is 76.8 Å². The number of nitrogens with two attached hydrogens (primary N) is 1. The van der Waals surface area contributed by atoms with E-state index < -0.39 is 11.3 Å². The highest BCUT2D eigenvalue weighted by atomic mass is 16.1. The summed E-state index contributed by atoms with van der Waals surface area (Å²) in [5.41, 5.74) is 10.0. The van der Waals surface area contributed by atoms with E-state index in [0.29, 0.717) is 41.9 Å². The number of tetrazole rings is 1. The highest BCUT2D eigenvalue weighted by molar-refractivity contribution is 5.99. The molecule has 11 nitrogen and oxygen atoms in total. The van der Waals surface area contributed by atoms with Crippen LogP contribution in [0.5, 0.6) is 0 Å². The molecule has 5 N–H and O–H groups in total. The predicted molar refractivity (Wildman–Crippen MR) is 147 cm³/mol. The quantitative estimate of drug-likeness (QED) is 0.321. The van der Waals surface area contributed by atoms with E-state index in [4.69, 9.17) is 5.73 Å². The number of hydrogen-bond donors (Lipinski definition) is 4. The van der Waals surface area contributed by atoms with E-state index in [1.54, 1.807) is 25.2 Å². The van der Waals surface area contributed by atoms with Crippen LogP contribution in [0.15, 0.2) is 48.7 Å². The molecule has 1 saturated heterocycles. The molecule has 2 heterocycles. The summed E-state index contributed by atoms with van der Waals surface area (Å²) in [6.07, 6.45) is 2.60. The van der Waals surface area contributed by atoms with Crippen LogP contribution in [0.3, 0.4) is 0 Å². The van der Waals surface area contributed by atoms with Crippen LogP contribution in [-0.2, 0) is 5.41 Å². The lowest BCUT2D eigenvalue weighted by molar-refractivity contribution is 0.0961. The molecule has 3 aliphatic rings. The van der Waals surface area contributed by atoms with Crippen molar-refractivity contribution in [2.24, 2.45) is 11.7 Å². The van der Waals surface area contributed by atoms with Crippen molar-refractivity contribution < 1.29 is 9.59 Å². The molecular weight excluding hydrogens is 506 g/mol. The van der Waals surface area contributed by atoms with E-state index in [2.05, 4.69) is 55.7 Å². The molecule has 6 rings (SSSR count). The van der Waals surface area contributed by atoms with Gasteiger partial charge in [0.05, 0.1) is 11.5 Å². The number of amides is 2. The van der Waals surface area contributed by atoms with Crippen LogP contribution in [0.25, 0.3) is 11.1 Å². The standard InChI is InChI=1S/C29H31N9O2/c1-15(33-14-16(2)38-20(13-30)8-19-11-25(19)38)12-29(28-34-36-37-35-28)23-6-4-17(26(31)39)9-21(23)22-10-18(27(40)32-3)5-7-24(22)29/h4-7,9-10,15,19-20,25,33H,2,8,11-12,14H2,1,3H3,(H2,31,39)(H,32,40)(H,34,35,36,37)/t15-,19+,20?,25?,29?/m0/s1.